The quantitative estimate of drug-likeness (QED) is 0.207. The molecule has 0 aliphatic heterocycles. The van der Waals surface area contributed by atoms with E-state index < -0.39 is 23.6 Å². The zero-order valence-electron chi connectivity index (χ0n) is 19.9. The van der Waals surface area contributed by atoms with Gasteiger partial charge in [-0.05, 0) is 50.7 Å². The molecule has 0 N–H and O–H groups in total. The molecule has 0 aliphatic rings. The predicted octanol–water partition coefficient (Wildman–Crippen LogP) is 5.51. The molecule has 9 nitrogen and oxygen atoms in total. The fraction of sp³-hybridized carbons (Fsp3) is 0.348. The van der Waals surface area contributed by atoms with Gasteiger partial charge in [0.15, 0.2) is 0 Å². The number of carbonyl (C=O) groups is 2. The molecule has 0 amide bonds. The second kappa shape index (κ2) is 11.2. The summed E-state index contributed by atoms with van der Waals surface area (Å²) >= 11 is 8.47. The first-order valence-corrected chi connectivity index (χ1v) is 12.3. The Morgan fingerprint density at radius 1 is 1.06 bits per heavy atom. The third-order valence-electron chi connectivity index (χ3n) is 4.38. The van der Waals surface area contributed by atoms with Gasteiger partial charge in [0.2, 0.25) is 23.2 Å². The van der Waals surface area contributed by atoms with Crippen molar-refractivity contribution in [3.63, 3.8) is 0 Å². The maximum atomic E-state index is 13.4. The van der Waals surface area contributed by atoms with Gasteiger partial charge in [0.1, 0.15) is 10.6 Å². The number of hydrogen-bond donors (Lipinski definition) is 0. The number of nitrogens with zero attached hydrogens (tertiary/aromatic N) is 3. The van der Waals surface area contributed by atoms with Gasteiger partial charge in [-0.1, -0.05) is 11.6 Å². The highest BCUT2D eigenvalue weighted by molar-refractivity contribution is 7.99. The summed E-state index contributed by atoms with van der Waals surface area (Å²) in [5.41, 5.74) is -0.0499. The average molecular weight is 538 g/mol. The maximum absolute atomic E-state index is 13.4. The van der Waals surface area contributed by atoms with Crippen LogP contribution in [0.4, 0.5) is 0 Å². The van der Waals surface area contributed by atoms with E-state index in [0.717, 1.165) is 16.6 Å². The average Bonchev–Trinajstić information content (AvgIpc) is 3.23. The highest BCUT2D eigenvalue weighted by Gasteiger charge is 2.29. The second-order valence-electron chi connectivity index (χ2n) is 8.11. The molecule has 35 heavy (non-hydrogen) atoms. The molecule has 0 radical (unpaired) electrons. The summed E-state index contributed by atoms with van der Waals surface area (Å²) in [7, 11) is 2.94. The van der Waals surface area contributed by atoms with Crippen molar-refractivity contribution in [2.24, 2.45) is 5.41 Å². The summed E-state index contributed by atoms with van der Waals surface area (Å²) in [5.74, 6) is -0.662. The van der Waals surface area contributed by atoms with Crippen molar-refractivity contribution >= 4 is 46.6 Å². The second-order valence-corrected chi connectivity index (χ2v) is 10.8. The molecule has 3 aromatic heterocycles. The molecule has 0 saturated carbocycles. The number of carbonyl (C=O) groups excluding carboxylic acids is 2. The molecule has 3 heterocycles. The predicted molar refractivity (Wildman–Crippen MR) is 132 cm³/mol. The van der Waals surface area contributed by atoms with Crippen molar-refractivity contribution in [2.45, 2.75) is 44.2 Å². The number of methoxy groups -OCH3 is 2. The fourth-order valence-corrected chi connectivity index (χ4v) is 4.60. The van der Waals surface area contributed by atoms with E-state index in [2.05, 4.69) is 15.0 Å². The van der Waals surface area contributed by atoms with Crippen molar-refractivity contribution in [3.8, 4) is 22.2 Å². The van der Waals surface area contributed by atoms with E-state index in [1.54, 1.807) is 45.2 Å². The van der Waals surface area contributed by atoms with Gasteiger partial charge in [0.25, 0.3) is 0 Å². The smallest absolute Gasteiger partial charge is 0.344 e. The minimum absolute atomic E-state index is 0.153. The zero-order valence-corrected chi connectivity index (χ0v) is 22.3. The number of pyridine rings is 1. The van der Waals surface area contributed by atoms with Crippen molar-refractivity contribution in [1.82, 2.24) is 15.0 Å². The summed E-state index contributed by atoms with van der Waals surface area (Å²) < 4.78 is 21.7. The molecule has 0 fully saturated rings. The summed E-state index contributed by atoms with van der Waals surface area (Å²) in [5, 5.41) is 0.526. The Morgan fingerprint density at radius 2 is 1.71 bits per heavy atom. The first kappa shape index (κ1) is 26.7. The van der Waals surface area contributed by atoms with Crippen LogP contribution < -0.4 is 9.47 Å². The third-order valence-corrected chi connectivity index (χ3v) is 6.51. The van der Waals surface area contributed by atoms with Crippen molar-refractivity contribution in [3.05, 3.63) is 40.4 Å². The van der Waals surface area contributed by atoms with E-state index in [9.17, 15) is 9.59 Å². The number of rotatable bonds is 8. The van der Waals surface area contributed by atoms with Gasteiger partial charge in [-0.15, -0.1) is 11.3 Å². The van der Waals surface area contributed by atoms with Crippen LogP contribution in [0.5, 0.6) is 11.8 Å². The number of ether oxygens (including phenoxy) is 4. The number of esters is 2. The Labute approximate surface area is 216 Å². The fourth-order valence-electron chi connectivity index (χ4n) is 2.67. The minimum atomic E-state index is -1.12. The number of halogens is 1. The van der Waals surface area contributed by atoms with Gasteiger partial charge in [0, 0.05) is 23.6 Å². The van der Waals surface area contributed by atoms with E-state index in [1.807, 2.05) is 0 Å². The molecule has 0 saturated heterocycles. The topological polar surface area (TPSA) is 110 Å². The Morgan fingerprint density at radius 3 is 2.26 bits per heavy atom. The summed E-state index contributed by atoms with van der Waals surface area (Å²) in [6, 6.07) is 6.74. The van der Waals surface area contributed by atoms with Gasteiger partial charge < -0.3 is 18.9 Å². The highest BCUT2D eigenvalue weighted by Crippen LogP contribution is 2.38. The van der Waals surface area contributed by atoms with E-state index in [0.29, 0.717) is 9.90 Å². The van der Waals surface area contributed by atoms with Crippen LogP contribution in [-0.2, 0) is 14.3 Å². The van der Waals surface area contributed by atoms with Crippen LogP contribution in [0, 0.1) is 5.41 Å². The Bertz CT molecular complexity index is 1210. The van der Waals surface area contributed by atoms with Crippen molar-refractivity contribution in [2.75, 3.05) is 14.2 Å². The molecule has 3 rings (SSSR count). The molecule has 0 aromatic carbocycles. The maximum Gasteiger partial charge on any atom is 0.344 e. The molecular formula is C23H24ClN3O6S2. The molecule has 0 bridgehead atoms. The van der Waals surface area contributed by atoms with Crippen LogP contribution in [0.25, 0.3) is 10.4 Å². The summed E-state index contributed by atoms with van der Waals surface area (Å²) in [6.45, 7) is 6.60. The van der Waals surface area contributed by atoms with Crippen LogP contribution in [-0.4, -0.2) is 47.4 Å². The lowest BCUT2D eigenvalue weighted by Gasteiger charge is -2.21. The van der Waals surface area contributed by atoms with Crippen LogP contribution in [0.2, 0.25) is 4.34 Å². The van der Waals surface area contributed by atoms with Crippen molar-refractivity contribution in [1.29, 1.82) is 0 Å². The molecule has 0 aliphatic carbocycles. The first-order chi connectivity index (χ1) is 16.5. The van der Waals surface area contributed by atoms with Crippen molar-refractivity contribution < 1.29 is 28.5 Å². The van der Waals surface area contributed by atoms with Crippen LogP contribution >= 0.6 is 34.7 Å². The number of hydrogen-bond acceptors (Lipinski definition) is 11. The largest absolute Gasteiger partial charge is 0.481 e. The van der Waals surface area contributed by atoms with E-state index in [4.69, 9.17) is 30.5 Å². The zero-order chi connectivity index (χ0) is 25.8. The Hall–Kier alpha value is -2.89. The molecule has 0 spiro atoms. The number of thiophene rings is 1. The SMILES string of the molecule is COc1cc(OC)nc(Sc2nccc(-c3ccc(Cl)s3)c2C(=O)OC(C)OC(=O)C(C)(C)C)n1. The van der Waals surface area contributed by atoms with Gasteiger partial charge in [-0.2, -0.15) is 9.97 Å². The van der Waals surface area contributed by atoms with E-state index in [-0.39, 0.29) is 27.5 Å². The molecule has 186 valence electrons. The van der Waals surface area contributed by atoms with Gasteiger partial charge in [-0.25, -0.2) is 9.78 Å². The van der Waals surface area contributed by atoms with Gasteiger partial charge in [0.05, 0.1) is 30.0 Å². The monoisotopic (exact) mass is 537 g/mol. The van der Waals surface area contributed by atoms with E-state index in [1.165, 1.54) is 38.5 Å². The molecule has 1 atom stereocenters. The lowest BCUT2D eigenvalue weighted by Crippen LogP contribution is -2.29. The van der Waals surface area contributed by atoms with Crippen LogP contribution in [0.15, 0.2) is 40.6 Å². The first-order valence-electron chi connectivity index (χ1n) is 10.3. The molecule has 3 aromatic rings. The van der Waals surface area contributed by atoms with E-state index >= 15 is 0 Å². The molecular weight excluding hydrogens is 514 g/mol. The highest BCUT2D eigenvalue weighted by atomic mass is 35.5. The van der Waals surface area contributed by atoms with Gasteiger partial charge >= 0.3 is 11.9 Å². The Kier molecular flexibility index (Phi) is 8.57. The third kappa shape index (κ3) is 6.83. The van der Waals surface area contributed by atoms with Gasteiger partial charge in [-0.3, -0.25) is 4.79 Å². The van der Waals surface area contributed by atoms with Crippen LogP contribution in [0.1, 0.15) is 38.1 Å². The molecule has 12 heteroatoms. The summed E-state index contributed by atoms with van der Waals surface area (Å²) in [4.78, 5) is 39.3. The standard InChI is InChI=1S/C23H24ClN3O6S2/c1-12(33-21(29)23(2,3)4)32-20(28)18-13(14-7-8-15(24)34-14)9-10-25-19(18)35-22-26-16(30-5)11-17(27-22)31-6/h7-12H,1-6H3. The normalized spacial score (nSPS) is 12.1. The molecule has 1 unspecified atom stereocenters. The van der Waals surface area contributed by atoms with Crippen LogP contribution in [0.3, 0.4) is 0 Å². The number of aromatic nitrogens is 3. The minimum Gasteiger partial charge on any atom is -0.481 e. The Balaban J connectivity index is 2.01. The summed E-state index contributed by atoms with van der Waals surface area (Å²) in [6.07, 6.45) is 0.433. The lowest BCUT2D eigenvalue weighted by molar-refractivity contribution is -0.174. The lowest BCUT2D eigenvalue weighted by atomic mass is 9.97.